The fraction of sp³-hybridized carbons (Fsp3) is 0.500. The number of piperidine rings is 1. The second kappa shape index (κ2) is 6.33. The van der Waals surface area contributed by atoms with Crippen LogP contribution in [0.1, 0.15) is 60.4 Å². The molecular weight excluding hydrogens is 307 g/mol. The Labute approximate surface area is 140 Å². The van der Waals surface area contributed by atoms with Crippen LogP contribution in [0.4, 0.5) is 4.39 Å². The summed E-state index contributed by atoms with van der Waals surface area (Å²) in [5.41, 5.74) is 0.980. The van der Waals surface area contributed by atoms with Crippen molar-refractivity contribution in [3.63, 3.8) is 0 Å². The first-order valence-electron chi connectivity index (χ1n) is 8.47. The number of halogens is 1. The average Bonchev–Trinajstić information content (AvgIpc) is 3.34. The van der Waals surface area contributed by atoms with Gasteiger partial charge in [-0.3, -0.25) is 4.90 Å². The number of hydrogen-bond donors (Lipinski definition) is 0. The summed E-state index contributed by atoms with van der Waals surface area (Å²) in [6.07, 6.45) is 4.37. The first kappa shape index (κ1) is 15.3. The van der Waals surface area contributed by atoms with Crippen molar-refractivity contribution in [3.05, 3.63) is 46.9 Å². The second-order valence-corrected chi connectivity index (χ2v) is 6.76. The molecule has 0 unspecified atom stereocenters. The highest BCUT2D eigenvalue weighted by Gasteiger charge is 2.32. The Morgan fingerprint density at radius 1 is 1.29 bits per heavy atom. The molecule has 2 heterocycles. The summed E-state index contributed by atoms with van der Waals surface area (Å²) in [5.74, 6) is 1.98. The highest BCUT2D eigenvalue weighted by molar-refractivity contribution is 5.32. The number of benzene rings is 1. The van der Waals surface area contributed by atoms with Gasteiger partial charge in [-0.05, 0) is 44.4 Å². The quantitative estimate of drug-likeness (QED) is 0.862. The second-order valence-electron chi connectivity index (χ2n) is 6.76. The Balaban J connectivity index is 1.43. The number of hydrogen-bond acceptors (Lipinski definition) is 5. The minimum Gasteiger partial charge on any atom is -0.339 e. The molecule has 2 fully saturated rings. The molecule has 24 heavy (non-hydrogen) atoms. The van der Waals surface area contributed by atoms with E-state index in [0.717, 1.165) is 50.5 Å². The van der Waals surface area contributed by atoms with E-state index < -0.39 is 0 Å². The van der Waals surface area contributed by atoms with Gasteiger partial charge < -0.3 is 4.52 Å². The summed E-state index contributed by atoms with van der Waals surface area (Å²) >= 11 is 0. The summed E-state index contributed by atoms with van der Waals surface area (Å²) in [5, 5.41) is 13.0. The van der Waals surface area contributed by atoms with E-state index in [9.17, 15) is 4.39 Å². The van der Waals surface area contributed by atoms with Gasteiger partial charge in [0.05, 0.1) is 11.6 Å². The van der Waals surface area contributed by atoms with Gasteiger partial charge in [0.1, 0.15) is 5.82 Å². The lowest BCUT2D eigenvalue weighted by molar-refractivity contribution is 0.192. The lowest BCUT2D eigenvalue weighted by Crippen LogP contribution is -2.34. The Morgan fingerprint density at radius 2 is 2.17 bits per heavy atom. The largest absolute Gasteiger partial charge is 0.339 e. The van der Waals surface area contributed by atoms with Crippen LogP contribution in [0.15, 0.2) is 22.7 Å². The summed E-state index contributed by atoms with van der Waals surface area (Å²) < 4.78 is 19.5. The van der Waals surface area contributed by atoms with E-state index in [4.69, 9.17) is 9.78 Å². The molecule has 1 saturated carbocycles. The van der Waals surface area contributed by atoms with Crippen LogP contribution < -0.4 is 0 Å². The third-order valence-electron chi connectivity index (χ3n) is 4.83. The van der Waals surface area contributed by atoms with E-state index in [0.29, 0.717) is 23.6 Å². The number of likely N-dealkylation sites (tertiary alicyclic amines) is 1. The van der Waals surface area contributed by atoms with Crippen molar-refractivity contribution in [2.75, 3.05) is 13.1 Å². The molecule has 2 aromatic rings. The van der Waals surface area contributed by atoms with Crippen LogP contribution >= 0.6 is 0 Å². The van der Waals surface area contributed by atoms with Crippen molar-refractivity contribution in [2.45, 2.75) is 44.1 Å². The average molecular weight is 326 g/mol. The van der Waals surface area contributed by atoms with Gasteiger partial charge in [0, 0.05) is 30.5 Å². The molecule has 0 amide bonds. The molecule has 0 N–H and O–H groups in total. The molecule has 6 heteroatoms. The van der Waals surface area contributed by atoms with Crippen molar-refractivity contribution >= 4 is 0 Å². The Hall–Kier alpha value is -2.26. The number of nitrogens with zero attached hydrogens (tertiary/aromatic N) is 4. The summed E-state index contributed by atoms with van der Waals surface area (Å²) in [7, 11) is 0. The molecule has 1 aromatic carbocycles. The van der Waals surface area contributed by atoms with Crippen LogP contribution in [0.5, 0.6) is 0 Å². The van der Waals surface area contributed by atoms with E-state index in [1.807, 2.05) is 6.07 Å². The van der Waals surface area contributed by atoms with Crippen molar-refractivity contribution in [2.24, 2.45) is 0 Å². The lowest BCUT2D eigenvalue weighted by atomic mass is 9.97. The number of nitriles is 1. The zero-order valence-electron chi connectivity index (χ0n) is 13.4. The predicted octanol–water partition coefficient (Wildman–Crippen LogP) is 3.34. The maximum absolute atomic E-state index is 14.1. The van der Waals surface area contributed by atoms with Crippen LogP contribution in [0, 0.1) is 17.1 Å². The Morgan fingerprint density at radius 3 is 2.92 bits per heavy atom. The van der Waals surface area contributed by atoms with Crippen molar-refractivity contribution < 1.29 is 8.91 Å². The highest BCUT2D eigenvalue weighted by atomic mass is 19.1. The molecule has 1 atom stereocenters. The lowest BCUT2D eigenvalue weighted by Gasteiger charge is -2.31. The third-order valence-corrected chi connectivity index (χ3v) is 4.83. The predicted molar refractivity (Wildman–Crippen MR) is 84.6 cm³/mol. The minimum atomic E-state index is -0.313. The smallest absolute Gasteiger partial charge is 0.229 e. The SMILES string of the molecule is N#Cc1ccc(CN2CCC[C@H](c3noc(C4CC4)n3)C2)c(F)c1. The van der Waals surface area contributed by atoms with Gasteiger partial charge in [0.25, 0.3) is 0 Å². The van der Waals surface area contributed by atoms with Gasteiger partial charge in [-0.1, -0.05) is 11.2 Å². The van der Waals surface area contributed by atoms with Crippen LogP contribution in [0.2, 0.25) is 0 Å². The fourth-order valence-electron chi connectivity index (χ4n) is 3.31. The van der Waals surface area contributed by atoms with Crippen molar-refractivity contribution in [3.8, 4) is 6.07 Å². The minimum absolute atomic E-state index is 0.247. The topological polar surface area (TPSA) is 66.0 Å². The third kappa shape index (κ3) is 3.17. The molecule has 2 aliphatic rings. The molecule has 5 nitrogen and oxygen atoms in total. The van der Waals surface area contributed by atoms with E-state index in [2.05, 4.69) is 15.0 Å². The fourth-order valence-corrected chi connectivity index (χ4v) is 3.31. The molecule has 1 saturated heterocycles. The van der Waals surface area contributed by atoms with Crippen molar-refractivity contribution in [1.82, 2.24) is 15.0 Å². The summed E-state index contributed by atoms with van der Waals surface area (Å²) in [6, 6.07) is 6.64. The van der Waals surface area contributed by atoms with E-state index in [1.54, 1.807) is 12.1 Å². The Kier molecular flexibility index (Phi) is 4.03. The van der Waals surface area contributed by atoms with Gasteiger partial charge >= 0.3 is 0 Å². The molecule has 1 aliphatic heterocycles. The van der Waals surface area contributed by atoms with Crippen LogP contribution in [0.25, 0.3) is 0 Å². The van der Waals surface area contributed by atoms with Gasteiger partial charge in [-0.15, -0.1) is 0 Å². The normalized spacial score (nSPS) is 21.6. The van der Waals surface area contributed by atoms with Gasteiger partial charge in [-0.2, -0.15) is 10.2 Å². The van der Waals surface area contributed by atoms with Crippen LogP contribution in [-0.4, -0.2) is 28.1 Å². The maximum atomic E-state index is 14.1. The number of rotatable bonds is 4. The van der Waals surface area contributed by atoms with Crippen LogP contribution in [-0.2, 0) is 6.54 Å². The molecule has 0 bridgehead atoms. The zero-order chi connectivity index (χ0) is 16.5. The summed E-state index contributed by atoms with van der Waals surface area (Å²) in [6.45, 7) is 2.29. The van der Waals surface area contributed by atoms with Gasteiger partial charge in [-0.25, -0.2) is 4.39 Å². The molecule has 1 aliphatic carbocycles. The molecular formula is C18H19FN4O. The zero-order valence-corrected chi connectivity index (χ0v) is 13.4. The molecule has 4 rings (SSSR count). The first-order chi connectivity index (χ1) is 11.7. The molecule has 0 spiro atoms. The van der Waals surface area contributed by atoms with Crippen LogP contribution in [0.3, 0.4) is 0 Å². The van der Waals surface area contributed by atoms with E-state index in [1.165, 1.54) is 6.07 Å². The Bertz CT molecular complexity index is 778. The van der Waals surface area contributed by atoms with Gasteiger partial charge in [0.15, 0.2) is 5.82 Å². The molecule has 0 radical (unpaired) electrons. The van der Waals surface area contributed by atoms with E-state index in [-0.39, 0.29) is 11.7 Å². The molecule has 124 valence electrons. The monoisotopic (exact) mass is 326 g/mol. The number of aromatic nitrogens is 2. The van der Waals surface area contributed by atoms with E-state index >= 15 is 0 Å². The molecule has 1 aromatic heterocycles. The summed E-state index contributed by atoms with van der Waals surface area (Å²) in [4.78, 5) is 6.79. The van der Waals surface area contributed by atoms with Gasteiger partial charge in [0.2, 0.25) is 5.89 Å². The standard InChI is InChI=1S/C18H19FN4O/c19-16-8-12(9-20)3-4-14(16)10-23-7-1-2-15(11-23)17-21-18(24-22-17)13-5-6-13/h3-4,8,13,15H,1-2,5-7,10-11H2/t15-/m0/s1. The first-order valence-corrected chi connectivity index (χ1v) is 8.47. The van der Waals surface area contributed by atoms with Crippen molar-refractivity contribution in [1.29, 1.82) is 5.26 Å². The maximum Gasteiger partial charge on any atom is 0.229 e. The highest BCUT2D eigenvalue weighted by Crippen LogP contribution is 2.39.